The fourth-order valence-corrected chi connectivity index (χ4v) is 4.13. The lowest BCUT2D eigenvalue weighted by molar-refractivity contribution is -0.136. The summed E-state index contributed by atoms with van der Waals surface area (Å²) in [5, 5.41) is 12.0. The summed E-state index contributed by atoms with van der Waals surface area (Å²) in [5.41, 5.74) is 0. The fourth-order valence-electron chi connectivity index (χ4n) is 4.13. The van der Waals surface area contributed by atoms with Crippen molar-refractivity contribution in [2.45, 2.75) is 77.2 Å². The molecule has 2 rings (SSSR count). The van der Waals surface area contributed by atoms with Gasteiger partial charge in [-0.05, 0) is 50.9 Å². The lowest BCUT2D eigenvalue weighted by Crippen LogP contribution is -2.42. The van der Waals surface area contributed by atoms with Crippen LogP contribution in [0.2, 0.25) is 0 Å². The van der Waals surface area contributed by atoms with Crippen LogP contribution in [0.25, 0.3) is 0 Å². The van der Waals surface area contributed by atoms with Gasteiger partial charge in [-0.25, -0.2) is 0 Å². The number of carbonyl (C=O) groups excluding carboxylic acids is 2. The van der Waals surface area contributed by atoms with Crippen molar-refractivity contribution >= 4 is 11.8 Å². The van der Waals surface area contributed by atoms with E-state index in [2.05, 4.69) is 11.4 Å². The molecular weight excluding hydrogens is 302 g/mol. The van der Waals surface area contributed by atoms with Crippen LogP contribution < -0.4 is 5.32 Å². The molecule has 24 heavy (non-hydrogen) atoms. The second kappa shape index (κ2) is 9.66. The summed E-state index contributed by atoms with van der Waals surface area (Å²) in [6.07, 6.45) is 9.85. The van der Waals surface area contributed by atoms with Gasteiger partial charge in [-0.1, -0.05) is 19.8 Å². The molecule has 2 amide bonds. The minimum Gasteiger partial charge on any atom is -0.353 e. The maximum absolute atomic E-state index is 12.5. The molecule has 2 aliphatic carbocycles. The summed E-state index contributed by atoms with van der Waals surface area (Å²) < 4.78 is 0. The van der Waals surface area contributed by atoms with E-state index in [1.165, 1.54) is 25.7 Å². The molecule has 0 atom stereocenters. The van der Waals surface area contributed by atoms with E-state index in [1.54, 1.807) is 4.90 Å². The molecular formula is C19H31N3O2. The lowest BCUT2D eigenvalue weighted by atomic mass is 9.85. The lowest BCUT2D eigenvalue weighted by Gasteiger charge is -2.31. The molecule has 0 aromatic heterocycles. The van der Waals surface area contributed by atoms with E-state index >= 15 is 0 Å². The van der Waals surface area contributed by atoms with Gasteiger partial charge in [-0.3, -0.25) is 9.59 Å². The Labute approximate surface area is 145 Å². The highest BCUT2D eigenvalue weighted by Crippen LogP contribution is 2.29. The number of amides is 2. The first kappa shape index (κ1) is 18.8. The third-order valence-corrected chi connectivity index (χ3v) is 5.46. The molecule has 134 valence electrons. The van der Waals surface area contributed by atoms with E-state index in [4.69, 9.17) is 5.26 Å². The van der Waals surface area contributed by atoms with Crippen molar-refractivity contribution < 1.29 is 9.59 Å². The molecule has 1 N–H and O–H groups in total. The summed E-state index contributed by atoms with van der Waals surface area (Å²) in [4.78, 5) is 26.3. The number of hydrogen-bond acceptors (Lipinski definition) is 3. The van der Waals surface area contributed by atoms with Crippen molar-refractivity contribution in [1.82, 2.24) is 10.2 Å². The number of nitrogens with zero attached hydrogens (tertiary/aromatic N) is 2. The Bertz CT molecular complexity index is 458. The number of carbonyl (C=O) groups is 2. The van der Waals surface area contributed by atoms with Gasteiger partial charge in [-0.2, -0.15) is 5.26 Å². The molecule has 0 bridgehead atoms. The van der Waals surface area contributed by atoms with E-state index in [9.17, 15) is 9.59 Å². The first-order valence-corrected chi connectivity index (χ1v) is 9.59. The van der Waals surface area contributed by atoms with Crippen molar-refractivity contribution in [2.75, 3.05) is 13.1 Å². The van der Waals surface area contributed by atoms with E-state index < -0.39 is 0 Å². The maximum Gasteiger partial charge on any atom is 0.226 e. The van der Waals surface area contributed by atoms with Crippen LogP contribution >= 0.6 is 0 Å². The fraction of sp³-hybridized carbons (Fsp3) is 0.842. The zero-order valence-corrected chi connectivity index (χ0v) is 14.9. The molecule has 0 radical (unpaired) electrons. The smallest absolute Gasteiger partial charge is 0.226 e. The van der Waals surface area contributed by atoms with Gasteiger partial charge in [0.25, 0.3) is 0 Å². The summed E-state index contributed by atoms with van der Waals surface area (Å²) >= 11 is 0. The number of rotatable bonds is 7. The van der Waals surface area contributed by atoms with Crippen molar-refractivity contribution in [3.63, 3.8) is 0 Å². The highest BCUT2D eigenvalue weighted by Gasteiger charge is 2.30. The molecule has 2 aliphatic rings. The molecule has 0 aromatic carbocycles. The minimum atomic E-state index is 0.0212. The summed E-state index contributed by atoms with van der Waals surface area (Å²) in [7, 11) is 0. The molecule has 0 heterocycles. The standard InChI is InChI=1S/C19H31N3O2/c1-2-12-22(13-11-20)19(24)16-7-9-17(10-8-16)21-18(23)14-15-5-3-4-6-15/h15-17H,2-10,12-14H2,1H3,(H,21,23). The number of hydrogen-bond donors (Lipinski definition) is 1. The van der Waals surface area contributed by atoms with Crippen LogP contribution in [-0.4, -0.2) is 35.8 Å². The van der Waals surface area contributed by atoms with Crippen molar-refractivity contribution in [3.05, 3.63) is 0 Å². The van der Waals surface area contributed by atoms with Gasteiger partial charge in [0, 0.05) is 24.9 Å². The van der Waals surface area contributed by atoms with Gasteiger partial charge in [0.2, 0.25) is 11.8 Å². The zero-order valence-electron chi connectivity index (χ0n) is 14.9. The highest BCUT2D eigenvalue weighted by molar-refractivity contribution is 5.79. The van der Waals surface area contributed by atoms with Crippen molar-refractivity contribution in [1.29, 1.82) is 5.26 Å². The quantitative estimate of drug-likeness (QED) is 0.728. The van der Waals surface area contributed by atoms with Gasteiger partial charge in [0.05, 0.1) is 6.07 Å². The van der Waals surface area contributed by atoms with E-state index in [1.807, 2.05) is 6.92 Å². The second-order valence-electron chi connectivity index (χ2n) is 7.39. The van der Waals surface area contributed by atoms with Gasteiger partial charge < -0.3 is 10.2 Å². The van der Waals surface area contributed by atoms with Crippen molar-refractivity contribution in [3.8, 4) is 6.07 Å². The van der Waals surface area contributed by atoms with Crippen LogP contribution in [0.3, 0.4) is 0 Å². The molecule has 5 heteroatoms. The SMILES string of the molecule is CCCN(CC#N)C(=O)C1CCC(NC(=O)CC2CCCC2)CC1. The average Bonchev–Trinajstić information content (AvgIpc) is 3.07. The van der Waals surface area contributed by atoms with Gasteiger partial charge in [0.15, 0.2) is 0 Å². The molecule has 2 fully saturated rings. The first-order valence-electron chi connectivity index (χ1n) is 9.59. The van der Waals surface area contributed by atoms with Crippen LogP contribution in [0, 0.1) is 23.2 Å². The van der Waals surface area contributed by atoms with Gasteiger partial charge >= 0.3 is 0 Å². The Balaban J connectivity index is 1.72. The molecule has 0 unspecified atom stereocenters. The van der Waals surface area contributed by atoms with Crippen LogP contribution in [0.15, 0.2) is 0 Å². The molecule has 0 aliphatic heterocycles. The monoisotopic (exact) mass is 333 g/mol. The predicted octanol–water partition coefficient (Wildman–Crippen LogP) is 3.00. The van der Waals surface area contributed by atoms with Crippen LogP contribution in [0.5, 0.6) is 0 Å². The highest BCUT2D eigenvalue weighted by atomic mass is 16.2. The average molecular weight is 333 g/mol. The third-order valence-electron chi connectivity index (χ3n) is 5.46. The zero-order chi connectivity index (χ0) is 17.4. The first-order chi connectivity index (χ1) is 11.6. The van der Waals surface area contributed by atoms with E-state index in [0.29, 0.717) is 18.9 Å². The topological polar surface area (TPSA) is 73.2 Å². The van der Waals surface area contributed by atoms with Gasteiger partial charge in [0.1, 0.15) is 6.54 Å². The van der Waals surface area contributed by atoms with E-state index in [-0.39, 0.29) is 30.3 Å². The van der Waals surface area contributed by atoms with E-state index in [0.717, 1.165) is 32.1 Å². The van der Waals surface area contributed by atoms with Crippen molar-refractivity contribution in [2.24, 2.45) is 11.8 Å². The largest absolute Gasteiger partial charge is 0.353 e. The Morgan fingerprint density at radius 1 is 1.12 bits per heavy atom. The Kier molecular flexibility index (Phi) is 7.55. The van der Waals surface area contributed by atoms with Gasteiger partial charge in [-0.15, -0.1) is 0 Å². The summed E-state index contributed by atoms with van der Waals surface area (Å²) in [6.45, 7) is 2.86. The van der Waals surface area contributed by atoms with Crippen LogP contribution in [-0.2, 0) is 9.59 Å². The molecule has 0 aromatic rings. The summed E-state index contributed by atoms with van der Waals surface area (Å²) in [6, 6.07) is 2.31. The Hall–Kier alpha value is -1.57. The van der Waals surface area contributed by atoms with Crippen LogP contribution in [0.4, 0.5) is 0 Å². The Morgan fingerprint density at radius 3 is 2.38 bits per heavy atom. The third kappa shape index (κ3) is 5.51. The molecule has 0 spiro atoms. The maximum atomic E-state index is 12.5. The number of nitriles is 1. The number of nitrogens with one attached hydrogen (secondary N) is 1. The Morgan fingerprint density at radius 2 is 1.79 bits per heavy atom. The normalized spacial score (nSPS) is 24.3. The van der Waals surface area contributed by atoms with Crippen LogP contribution in [0.1, 0.15) is 71.1 Å². The summed E-state index contributed by atoms with van der Waals surface area (Å²) in [5.74, 6) is 0.910. The molecule has 5 nitrogen and oxygen atoms in total. The minimum absolute atomic E-state index is 0.0212. The molecule has 0 saturated heterocycles. The predicted molar refractivity (Wildman–Crippen MR) is 92.9 cm³/mol. The molecule has 2 saturated carbocycles. The second-order valence-corrected chi connectivity index (χ2v) is 7.39.